The zero-order valence-corrected chi connectivity index (χ0v) is 15.0. The molecule has 0 aromatic carbocycles. The van der Waals surface area contributed by atoms with Crippen molar-refractivity contribution in [3.8, 4) is 0 Å². The van der Waals surface area contributed by atoms with E-state index in [4.69, 9.17) is 4.74 Å². The third-order valence-corrected chi connectivity index (χ3v) is 5.70. The van der Waals surface area contributed by atoms with E-state index in [-0.39, 0.29) is 5.92 Å². The summed E-state index contributed by atoms with van der Waals surface area (Å²) >= 11 is 1.52. The standard InChI is InChI=1S/C14H26N2O3S2/c1-10(2)15-8-13-6-14(12(4)20-13)21(17,18)16-7-11(3)9-19-5/h6,10-11,15-16H,7-9H2,1-5H3. The van der Waals surface area contributed by atoms with Crippen LogP contribution >= 0.6 is 11.3 Å². The minimum atomic E-state index is -3.44. The van der Waals surface area contributed by atoms with Crippen molar-refractivity contribution in [1.82, 2.24) is 10.0 Å². The van der Waals surface area contributed by atoms with Crippen LogP contribution in [-0.4, -0.2) is 34.7 Å². The van der Waals surface area contributed by atoms with E-state index in [1.807, 2.05) is 13.8 Å². The van der Waals surface area contributed by atoms with Crippen LogP contribution in [0.2, 0.25) is 0 Å². The van der Waals surface area contributed by atoms with Crippen molar-refractivity contribution in [2.24, 2.45) is 5.92 Å². The monoisotopic (exact) mass is 334 g/mol. The second kappa shape index (κ2) is 8.24. The highest BCUT2D eigenvalue weighted by atomic mass is 32.2. The lowest BCUT2D eigenvalue weighted by molar-refractivity contribution is 0.161. The van der Waals surface area contributed by atoms with Crippen molar-refractivity contribution < 1.29 is 13.2 Å². The van der Waals surface area contributed by atoms with Gasteiger partial charge in [-0.05, 0) is 18.9 Å². The average molecular weight is 335 g/mol. The highest BCUT2D eigenvalue weighted by Gasteiger charge is 2.20. The fourth-order valence-electron chi connectivity index (χ4n) is 1.86. The molecule has 1 heterocycles. The molecule has 1 unspecified atom stereocenters. The van der Waals surface area contributed by atoms with E-state index in [0.29, 0.717) is 30.6 Å². The molecule has 1 aromatic heterocycles. The minimum Gasteiger partial charge on any atom is -0.384 e. The predicted molar refractivity (Wildman–Crippen MR) is 87.3 cm³/mol. The van der Waals surface area contributed by atoms with Crippen LogP contribution in [0.3, 0.4) is 0 Å². The molecule has 0 aliphatic carbocycles. The van der Waals surface area contributed by atoms with E-state index in [1.54, 1.807) is 13.2 Å². The van der Waals surface area contributed by atoms with Crippen LogP contribution in [0.25, 0.3) is 0 Å². The Labute approximate surface area is 132 Å². The molecule has 0 aliphatic heterocycles. The van der Waals surface area contributed by atoms with E-state index in [1.165, 1.54) is 11.3 Å². The molecular formula is C14H26N2O3S2. The number of nitrogens with one attached hydrogen (secondary N) is 2. The van der Waals surface area contributed by atoms with Crippen LogP contribution in [0.1, 0.15) is 30.5 Å². The Hall–Kier alpha value is -0.470. The number of methoxy groups -OCH3 is 1. The highest BCUT2D eigenvalue weighted by molar-refractivity contribution is 7.89. The maximum absolute atomic E-state index is 12.3. The Kier molecular flexibility index (Phi) is 7.29. The lowest BCUT2D eigenvalue weighted by atomic mass is 10.2. The highest BCUT2D eigenvalue weighted by Crippen LogP contribution is 2.25. The molecule has 122 valence electrons. The summed E-state index contributed by atoms with van der Waals surface area (Å²) in [5.41, 5.74) is 0. The topological polar surface area (TPSA) is 67.4 Å². The summed E-state index contributed by atoms with van der Waals surface area (Å²) < 4.78 is 32.4. The first kappa shape index (κ1) is 18.6. The molecule has 0 radical (unpaired) electrons. The van der Waals surface area contributed by atoms with E-state index in [9.17, 15) is 8.42 Å². The lowest BCUT2D eigenvalue weighted by Gasteiger charge is -2.11. The molecular weight excluding hydrogens is 308 g/mol. The van der Waals surface area contributed by atoms with E-state index >= 15 is 0 Å². The van der Waals surface area contributed by atoms with Gasteiger partial charge in [0.05, 0.1) is 4.90 Å². The molecule has 0 fully saturated rings. The summed E-state index contributed by atoms with van der Waals surface area (Å²) in [6.07, 6.45) is 0. The molecule has 0 amide bonds. The molecule has 1 aromatic rings. The number of hydrogen-bond acceptors (Lipinski definition) is 5. The van der Waals surface area contributed by atoms with Crippen LogP contribution < -0.4 is 10.0 Å². The van der Waals surface area contributed by atoms with Crippen molar-refractivity contribution in [1.29, 1.82) is 0 Å². The molecule has 0 saturated heterocycles. The quantitative estimate of drug-likeness (QED) is 0.726. The Bertz CT molecular complexity index is 538. The number of thiophene rings is 1. The van der Waals surface area contributed by atoms with Crippen molar-refractivity contribution in [2.75, 3.05) is 20.3 Å². The average Bonchev–Trinajstić information content (AvgIpc) is 2.77. The van der Waals surface area contributed by atoms with Gasteiger partial charge in [-0.25, -0.2) is 13.1 Å². The first-order chi connectivity index (χ1) is 9.76. The summed E-state index contributed by atoms with van der Waals surface area (Å²) in [7, 11) is -1.83. The van der Waals surface area contributed by atoms with Gasteiger partial charge in [0.2, 0.25) is 10.0 Å². The third kappa shape index (κ3) is 6.04. The number of rotatable bonds is 9. The van der Waals surface area contributed by atoms with Gasteiger partial charge < -0.3 is 10.1 Å². The van der Waals surface area contributed by atoms with Gasteiger partial charge in [0.25, 0.3) is 0 Å². The molecule has 21 heavy (non-hydrogen) atoms. The summed E-state index contributed by atoms with van der Waals surface area (Å²) in [5, 5.41) is 3.30. The van der Waals surface area contributed by atoms with Gasteiger partial charge in [-0.3, -0.25) is 0 Å². The Balaban J connectivity index is 2.74. The summed E-state index contributed by atoms with van der Waals surface area (Å²) in [5.74, 6) is 0.144. The van der Waals surface area contributed by atoms with Crippen molar-refractivity contribution >= 4 is 21.4 Å². The number of hydrogen-bond donors (Lipinski definition) is 2. The van der Waals surface area contributed by atoms with Gasteiger partial charge >= 0.3 is 0 Å². The fraction of sp³-hybridized carbons (Fsp3) is 0.714. The Morgan fingerprint density at radius 2 is 2.00 bits per heavy atom. The molecule has 2 N–H and O–H groups in total. The smallest absolute Gasteiger partial charge is 0.241 e. The number of aryl methyl sites for hydroxylation is 1. The minimum absolute atomic E-state index is 0.144. The fourth-order valence-corrected chi connectivity index (χ4v) is 4.61. The first-order valence-corrected chi connectivity index (χ1v) is 9.37. The number of sulfonamides is 1. The molecule has 1 atom stereocenters. The normalized spacial score (nSPS) is 13.8. The van der Waals surface area contributed by atoms with Crippen LogP contribution in [0.4, 0.5) is 0 Å². The van der Waals surface area contributed by atoms with Gasteiger partial charge in [-0.15, -0.1) is 11.3 Å². The van der Waals surface area contributed by atoms with Crippen molar-refractivity contribution in [3.63, 3.8) is 0 Å². The van der Waals surface area contributed by atoms with E-state index < -0.39 is 10.0 Å². The number of ether oxygens (including phenoxy) is 1. The van der Waals surface area contributed by atoms with Gasteiger partial charge in [0, 0.05) is 42.6 Å². The maximum atomic E-state index is 12.3. The van der Waals surface area contributed by atoms with Crippen molar-refractivity contribution in [2.45, 2.75) is 45.2 Å². The van der Waals surface area contributed by atoms with Crippen molar-refractivity contribution in [3.05, 3.63) is 15.8 Å². The molecule has 0 aliphatic rings. The largest absolute Gasteiger partial charge is 0.384 e. The summed E-state index contributed by atoms with van der Waals surface area (Å²) in [6.45, 7) is 9.54. The molecule has 0 bridgehead atoms. The zero-order valence-electron chi connectivity index (χ0n) is 13.4. The predicted octanol–water partition coefficient (Wildman–Crippen LogP) is 2.12. The van der Waals surface area contributed by atoms with Crippen LogP contribution in [0.5, 0.6) is 0 Å². The second-order valence-corrected chi connectivity index (χ2v) is 8.66. The Morgan fingerprint density at radius 3 is 2.57 bits per heavy atom. The molecule has 5 nitrogen and oxygen atoms in total. The summed E-state index contributed by atoms with van der Waals surface area (Å²) in [6, 6.07) is 2.14. The molecule has 0 spiro atoms. The van der Waals surface area contributed by atoms with Gasteiger partial charge in [0.1, 0.15) is 0 Å². The SMILES string of the molecule is COCC(C)CNS(=O)(=O)c1cc(CNC(C)C)sc1C. The van der Waals surface area contributed by atoms with Crippen LogP contribution in [0, 0.1) is 12.8 Å². The van der Waals surface area contributed by atoms with Gasteiger partial charge in [-0.2, -0.15) is 0 Å². The molecule has 1 rings (SSSR count). The molecule has 7 heteroatoms. The molecule has 0 saturated carbocycles. The maximum Gasteiger partial charge on any atom is 0.241 e. The second-order valence-electron chi connectivity index (χ2n) is 5.58. The first-order valence-electron chi connectivity index (χ1n) is 7.07. The van der Waals surface area contributed by atoms with Crippen LogP contribution in [0.15, 0.2) is 11.0 Å². The van der Waals surface area contributed by atoms with E-state index in [2.05, 4.69) is 23.9 Å². The van der Waals surface area contributed by atoms with Gasteiger partial charge in [-0.1, -0.05) is 20.8 Å². The summed E-state index contributed by atoms with van der Waals surface area (Å²) in [4.78, 5) is 2.24. The zero-order chi connectivity index (χ0) is 16.0. The van der Waals surface area contributed by atoms with E-state index in [0.717, 1.165) is 9.75 Å². The van der Waals surface area contributed by atoms with Crippen LogP contribution in [-0.2, 0) is 21.3 Å². The third-order valence-electron chi connectivity index (χ3n) is 2.97. The van der Waals surface area contributed by atoms with Gasteiger partial charge in [0.15, 0.2) is 0 Å². The lowest BCUT2D eigenvalue weighted by Crippen LogP contribution is -2.30. The Morgan fingerprint density at radius 1 is 1.33 bits per heavy atom.